The number of nitrogens with zero attached hydrogens (tertiary/aromatic N) is 4. The molecular weight excluding hydrogens is 621 g/mol. The van der Waals surface area contributed by atoms with Crippen molar-refractivity contribution in [2.24, 2.45) is 23.7 Å². The maximum absolute atomic E-state index is 13.4. The van der Waals surface area contributed by atoms with Crippen LogP contribution in [0.5, 0.6) is 0 Å². The summed E-state index contributed by atoms with van der Waals surface area (Å²) in [6, 6.07) is -0.548. The minimum atomic E-state index is -1.16. The average Bonchev–Trinajstić information content (AvgIpc) is 3.79. The van der Waals surface area contributed by atoms with Gasteiger partial charge in [0.15, 0.2) is 0 Å². The number of aromatic nitrogens is 2. The fourth-order valence-corrected chi connectivity index (χ4v) is 8.00. The van der Waals surface area contributed by atoms with E-state index in [9.17, 15) is 14.7 Å². The number of fused-ring (bicyclic) bond motifs is 8. The zero-order valence-corrected chi connectivity index (χ0v) is 30.4. The Morgan fingerprint density at radius 1 is 1.00 bits per heavy atom. The third-order valence-corrected chi connectivity index (χ3v) is 10.6. The first kappa shape index (κ1) is 36.0. The van der Waals surface area contributed by atoms with Gasteiger partial charge in [0.1, 0.15) is 12.5 Å². The van der Waals surface area contributed by atoms with Gasteiger partial charge in [-0.1, -0.05) is 72.9 Å². The smallest absolute Gasteiger partial charge is 0.681 e. The predicted molar refractivity (Wildman–Crippen MR) is 184 cm³/mol. The van der Waals surface area contributed by atoms with E-state index in [1.165, 1.54) is 7.11 Å². The first-order chi connectivity index (χ1) is 22.5. The van der Waals surface area contributed by atoms with Crippen LogP contribution in [0.3, 0.4) is 0 Å². The Bertz CT molecular complexity index is 1830. The van der Waals surface area contributed by atoms with Crippen LogP contribution in [0.1, 0.15) is 86.7 Å². The number of methoxy groups -OCH3 is 1. The Morgan fingerprint density at radius 2 is 1.75 bits per heavy atom. The second-order valence-corrected chi connectivity index (χ2v) is 13.1. The molecule has 0 aromatic carbocycles. The number of carbonyl (C=O) groups is 2. The molecule has 252 valence electrons. The molecule has 1 fully saturated rings. The monoisotopic (exact) mass is 664 g/mol. The zero-order chi connectivity index (χ0) is 33.7. The molecule has 1 saturated heterocycles. The van der Waals surface area contributed by atoms with E-state index in [4.69, 9.17) is 35.2 Å². The van der Waals surface area contributed by atoms with Gasteiger partial charge >= 0.3 is 35.0 Å². The van der Waals surface area contributed by atoms with Crippen molar-refractivity contribution in [3.63, 3.8) is 0 Å². The third kappa shape index (κ3) is 5.97. The second-order valence-electron chi connectivity index (χ2n) is 13.1. The molecule has 0 spiro atoms. The van der Waals surface area contributed by atoms with E-state index in [1.54, 1.807) is 0 Å². The maximum Gasteiger partial charge on any atom is 2.00 e. The molecule has 0 amide bonds. The maximum atomic E-state index is 13.4. The summed E-state index contributed by atoms with van der Waals surface area (Å²) in [6.07, 6.45) is 7.21. The predicted octanol–water partition coefficient (Wildman–Crippen LogP) is 3.46. The summed E-state index contributed by atoms with van der Waals surface area (Å²) < 4.78 is 10.4. The summed E-state index contributed by atoms with van der Waals surface area (Å²) in [5.41, 5.74) is 9.79. The van der Waals surface area contributed by atoms with Gasteiger partial charge in [0.05, 0.1) is 19.8 Å². The van der Waals surface area contributed by atoms with Crippen LogP contribution in [0.15, 0.2) is 28.7 Å². The number of hydrogen-bond donors (Lipinski definition) is 2. The van der Waals surface area contributed by atoms with Crippen molar-refractivity contribution in [1.29, 1.82) is 0 Å². The second kappa shape index (κ2) is 14.3. The Hall–Kier alpha value is -3.25. The summed E-state index contributed by atoms with van der Waals surface area (Å²) in [5, 5.41) is 32.6. The van der Waals surface area contributed by atoms with E-state index < -0.39 is 30.0 Å². The number of aliphatic hydroxyl groups excluding tert-OH is 2. The molecule has 4 aliphatic rings. The Balaban J connectivity index is 0.00000451. The van der Waals surface area contributed by atoms with Crippen molar-refractivity contribution in [2.45, 2.75) is 79.4 Å². The van der Waals surface area contributed by atoms with Gasteiger partial charge < -0.3 is 40.3 Å². The van der Waals surface area contributed by atoms with E-state index in [2.05, 4.69) is 40.7 Å². The number of carbonyl (C=O) groups excluding carboxylic acids is 2. The van der Waals surface area contributed by atoms with Gasteiger partial charge in [-0.2, -0.15) is 11.4 Å². The standard InChI is InChI=1S/C37H44N4O6.Mg/c1-8-21-17(3)24-14-26-19(5)23(10-11-30(43)47-13-12-42)34(40-26)32-33(37(45)46-7)36(44)31-20(6)27(41-35(31)32)16-29-22(9-2)18(4)25(39-29)15-28(21)38-24;/h14-16,19,21,23,33-34,36,42,44H,8-13H2,1-7H3;/q-4;+2/b26-14-,27-16-,28-15-;/t19-,21-,23-,33+,34?,36+;/m0./s1. The minimum absolute atomic E-state index is 0. The molecule has 6 rings (SSSR count). The molecule has 2 aromatic heterocycles. The Kier molecular flexibility index (Phi) is 10.7. The summed E-state index contributed by atoms with van der Waals surface area (Å²) in [5.74, 6) is -2.11. The summed E-state index contributed by atoms with van der Waals surface area (Å²) in [6.45, 7) is 12.2. The van der Waals surface area contributed by atoms with E-state index in [1.807, 2.05) is 19.1 Å². The van der Waals surface area contributed by atoms with Gasteiger partial charge in [-0.15, -0.1) is 27.8 Å². The number of allylic oxidation sites excluding steroid dienone is 3. The van der Waals surface area contributed by atoms with Gasteiger partial charge in [-0.05, 0) is 63.4 Å². The third-order valence-electron chi connectivity index (χ3n) is 10.6. The fourth-order valence-electron chi connectivity index (χ4n) is 8.00. The van der Waals surface area contributed by atoms with Gasteiger partial charge in [0, 0.05) is 6.42 Å². The van der Waals surface area contributed by atoms with E-state index in [0.717, 1.165) is 63.6 Å². The van der Waals surface area contributed by atoms with Crippen molar-refractivity contribution >= 4 is 52.7 Å². The topological polar surface area (TPSA) is 149 Å². The Morgan fingerprint density at radius 3 is 2.42 bits per heavy atom. The minimum Gasteiger partial charge on any atom is -0.681 e. The molecular formula is C37H44MgN4O6-2. The molecule has 1 aliphatic carbocycles. The number of ether oxygens (including phenoxy) is 2. The molecule has 2 N–H and O–H groups in total. The van der Waals surface area contributed by atoms with Crippen molar-refractivity contribution in [3.8, 4) is 0 Å². The van der Waals surface area contributed by atoms with Crippen LogP contribution < -0.4 is 20.7 Å². The molecule has 10 nitrogen and oxygen atoms in total. The molecule has 0 radical (unpaired) electrons. The van der Waals surface area contributed by atoms with Crippen LogP contribution in [-0.2, 0) is 25.5 Å². The Labute approximate surface area is 298 Å². The van der Waals surface area contributed by atoms with Crippen LogP contribution >= 0.6 is 0 Å². The van der Waals surface area contributed by atoms with Crippen molar-refractivity contribution in [1.82, 2.24) is 9.97 Å². The molecule has 2 aromatic rings. The molecule has 6 atom stereocenters. The number of hydrogen-bond acceptors (Lipinski definition) is 6. The van der Waals surface area contributed by atoms with Crippen LogP contribution in [0, 0.1) is 37.5 Å². The number of esters is 2. The van der Waals surface area contributed by atoms with Crippen LogP contribution in [-0.4, -0.2) is 71.6 Å². The van der Waals surface area contributed by atoms with Crippen LogP contribution in [0.2, 0.25) is 0 Å². The molecule has 8 bridgehead atoms. The van der Waals surface area contributed by atoms with E-state index in [0.29, 0.717) is 28.3 Å². The molecule has 11 heteroatoms. The molecule has 0 saturated carbocycles. The number of aliphatic hydroxyl groups is 2. The fraction of sp³-hybridized carbons (Fsp3) is 0.514. The largest absolute Gasteiger partial charge is 2.00 e. The summed E-state index contributed by atoms with van der Waals surface area (Å²) in [4.78, 5) is 36.2. The van der Waals surface area contributed by atoms with E-state index >= 15 is 0 Å². The molecule has 3 aliphatic heterocycles. The average molecular weight is 665 g/mol. The SMILES string of the molecule is CCc1c2[n-]c(c1C)/C=C1\[N-]C(=C(C)[C@@H]1CC)/C=C1\[N-]C(C3=c4[n-]/c(c(C)c4[C@@H](O)[C@@H]3C(=O)OC)=C\2)[C@@H](CCC(=O)OCCO)[C@@H]1C.[Mg+2]. The van der Waals surface area contributed by atoms with Gasteiger partial charge in [-0.3, -0.25) is 9.59 Å². The van der Waals surface area contributed by atoms with E-state index in [-0.39, 0.29) is 60.4 Å². The first-order valence-corrected chi connectivity index (χ1v) is 16.7. The summed E-state index contributed by atoms with van der Waals surface area (Å²) in [7, 11) is 1.32. The zero-order valence-electron chi connectivity index (χ0n) is 29.0. The van der Waals surface area contributed by atoms with Gasteiger partial charge in [0.25, 0.3) is 0 Å². The van der Waals surface area contributed by atoms with Gasteiger partial charge in [-0.25, -0.2) is 0 Å². The quantitative estimate of drug-likeness (QED) is 0.322. The molecule has 1 unspecified atom stereocenters. The summed E-state index contributed by atoms with van der Waals surface area (Å²) >= 11 is 0. The molecule has 5 heterocycles. The van der Waals surface area contributed by atoms with Crippen molar-refractivity contribution < 1.29 is 29.3 Å². The van der Waals surface area contributed by atoms with Crippen molar-refractivity contribution in [2.75, 3.05) is 20.3 Å². The first-order valence-electron chi connectivity index (χ1n) is 16.7. The van der Waals surface area contributed by atoms with Crippen LogP contribution in [0.25, 0.3) is 28.4 Å². The molecule has 48 heavy (non-hydrogen) atoms. The van der Waals surface area contributed by atoms with Crippen LogP contribution in [0.4, 0.5) is 0 Å². The number of rotatable bonds is 8. The normalized spacial score (nSPS) is 28.4. The van der Waals surface area contributed by atoms with Gasteiger partial charge in [0.2, 0.25) is 0 Å². The van der Waals surface area contributed by atoms with Crippen molar-refractivity contribution in [3.05, 3.63) is 83.7 Å².